The van der Waals surface area contributed by atoms with E-state index < -0.39 is 52.7 Å². The average molecular weight is 2010 g/mol. The first-order valence-electron chi connectivity index (χ1n) is 39.6. The SMILES string of the molecule is CC(C)[C@@H](N=C(c1ccccc1)c1cc(Cl)ccc1[N-]C(=O)[C@]1(C)CCCN1Cc1ccc(Cl)c(Cl)c1)C(=O)O.CCC[C@@H](N=C(c1ccccc1)c1cc(Cl)ccc1[N-]C(=O)[C@]1(C)CCCN1Cc1ccc(Cl)c(Cl)c1)C(=O)O.CSCC[C@@H](N=C(c1ccccc1)c1cc(Cl)ccc1[N-]C(=O)[C@]1(C)CCCN1Cc1ccc(Cl)c(Cl)c1)C(=O)O.[Ni].[Ni].[Ni]. The Morgan fingerprint density at radius 2 is 0.702 bits per heavy atom. The van der Waals surface area contributed by atoms with E-state index in [2.05, 4.69) is 40.6 Å². The molecule has 9 aromatic carbocycles. The quantitative estimate of drug-likeness (QED) is 0.0280. The van der Waals surface area contributed by atoms with Gasteiger partial charge in [0, 0.05) is 101 Å². The first kappa shape index (κ1) is 104. The molecule has 3 fully saturated rings. The molecule has 0 bridgehead atoms. The first-order valence-corrected chi connectivity index (χ1v) is 44.4. The van der Waals surface area contributed by atoms with Gasteiger partial charge in [-0.25, -0.2) is 14.4 Å². The van der Waals surface area contributed by atoms with Gasteiger partial charge in [0.05, 0.1) is 81.6 Å². The number of thioether (sulfide) groups is 1. The molecular weight excluding hydrogens is 1910 g/mol. The van der Waals surface area contributed by atoms with Gasteiger partial charge in [-0.15, -0.1) is 17.1 Å². The summed E-state index contributed by atoms with van der Waals surface area (Å²) in [6, 6.07) is 56.5. The molecule has 0 radical (unpaired) electrons. The minimum Gasteiger partial charge on any atom is -0.625 e. The molecule has 3 N–H and O–H groups in total. The van der Waals surface area contributed by atoms with E-state index in [9.17, 15) is 44.1 Å². The summed E-state index contributed by atoms with van der Waals surface area (Å²) < 4.78 is 0. The Kier molecular flexibility index (Phi) is 40.8. The summed E-state index contributed by atoms with van der Waals surface area (Å²) in [7, 11) is 0. The number of hydrogen-bond donors (Lipinski definition) is 3. The van der Waals surface area contributed by atoms with E-state index in [0.717, 1.165) is 55.6 Å². The summed E-state index contributed by atoms with van der Waals surface area (Å²) in [6.45, 7) is 15.0. The summed E-state index contributed by atoms with van der Waals surface area (Å²) in [5.41, 5.74) is 6.42. The number of amides is 3. The van der Waals surface area contributed by atoms with Crippen molar-refractivity contribution in [2.24, 2.45) is 20.9 Å². The fourth-order valence-electron chi connectivity index (χ4n) is 14.8. The molecule has 31 heteroatoms. The molecule has 9 aromatic rings. The van der Waals surface area contributed by atoms with Crippen LogP contribution in [-0.2, 0) is 97.9 Å². The number of carboxylic acid groups (broad SMARTS) is 3. The van der Waals surface area contributed by atoms with Crippen LogP contribution in [0.2, 0.25) is 45.2 Å². The zero-order valence-corrected chi connectivity index (χ0v) is 79.3. The zero-order chi connectivity index (χ0) is 87.5. The number of rotatable bonds is 30. The maximum absolute atomic E-state index is 13.9. The molecule has 0 spiro atoms. The third kappa shape index (κ3) is 27.1. The van der Waals surface area contributed by atoms with Crippen LogP contribution in [0, 0.1) is 5.92 Å². The monoisotopic (exact) mass is 2000 g/mol. The summed E-state index contributed by atoms with van der Waals surface area (Å²) in [4.78, 5) is 98.3. The molecular formula is C93H93Cl9N9Ni3O9S-3. The molecule has 666 valence electrons. The van der Waals surface area contributed by atoms with Crippen molar-refractivity contribution in [1.82, 2.24) is 14.7 Å². The van der Waals surface area contributed by atoms with Gasteiger partial charge in [0.1, 0.15) is 18.1 Å². The van der Waals surface area contributed by atoms with Gasteiger partial charge in [-0.2, -0.15) is 11.8 Å². The van der Waals surface area contributed by atoms with Gasteiger partial charge in [-0.05, 0) is 216 Å². The molecule has 18 nitrogen and oxygen atoms in total. The second-order valence-corrected chi connectivity index (χ2v) is 35.5. The minimum absolute atomic E-state index is 0. The third-order valence-corrected chi connectivity index (χ3v) is 25.3. The van der Waals surface area contributed by atoms with E-state index in [1.165, 1.54) is 0 Å². The van der Waals surface area contributed by atoms with E-state index in [-0.39, 0.29) is 73.1 Å². The van der Waals surface area contributed by atoms with Crippen LogP contribution in [0.4, 0.5) is 17.1 Å². The number of hydrogen-bond acceptors (Lipinski definition) is 13. The van der Waals surface area contributed by atoms with E-state index in [0.29, 0.717) is 177 Å². The molecule has 3 aliphatic heterocycles. The van der Waals surface area contributed by atoms with Gasteiger partial charge in [0.2, 0.25) is 0 Å². The van der Waals surface area contributed by atoms with Crippen molar-refractivity contribution in [3.8, 4) is 0 Å². The number of aliphatic carboxylic acids is 3. The summed E-state index contributed by atoms with van der Waals surface area (Å²) in [5, 5.41) is 47.6. The molecule has 3 heterocycles. The largest absolute Gasteiger partial charge is 0.625 e. The molecule has 3 aliphatic rings. The van der Waals surface area contributed by atoms with Crippen LogP contribution in [0.1, 0.15) is 149 Å². The molecule has 0 unspecified atom stereocenters. The first-order chi connectivity index (χ1) is 57.7. The number of carboxylic acids is 3. The average Bonchev–Trinajstić information content (AvgIpc) is 1.48. The van der Waals surface area contributed by atoms with Crippen molar-refractivity contribution in [3.63, 3.8) is 0 Å². The number of halogens is 9. The fourth-order valence-corrected chi connectivity index (χ4v) is 16.7. The second-order valence-electron chi connectivity index (χ2n) is 30.7. The predicted molar refractivity (Wildman–Crippen MR) is 495 cm³/mol. The Labute approximate surface area is 804 Å². The number of carbonyl (C=O) groups is 6. The van der Waals surface area contributed by atoms with Gasteiger partial charge < -0.3 is 45.7 Å². The Balaban J connectivity index is 0.000000253. The number of benzene rings is 9. The van der Waals surface area contributed by atoms with Crippen LogP contribution in [0.3, 0.4) is 0 Å². The van der Waals surface area contributed by atoms with Gasteiger partial charge >= 0.3 is 17.9 Å². The summed E-state index contributed by atoms with van der Waals surface area (Å²) in [6.07, 6.45) is 7.80. The molecule has 124 heavy (non-hydrogen) atoms. The molecule has 6 atom stereocenters. The molecule has 0 saturated carbocycles. The Morgan fingerprint density at radius 1 is 0.403 bits per heavy atom. The van der Waals surface area contributed by atoms with Crippen molar-refractivity contribution >= 4 is 186 Å². The standard InChI is InChI=1S/C31H32Cl3N3O3S.2C31H32Cl3N3O3.3Ni/c1-31(14-6-15-37(31)19-20-9-11-24(33)25(34)17-20)30(40)36-26-12-10-22(32)18-23(26)28(21-7-4-3-5-8-21)35-27(29(38)39)13-16-41-2;1-19(2)27(29(38)39)36-28(21-8-5-4-6-9-21)23-17-22(32)11-13-26(23)35-30(40)31(3)14-7-15-37(31)18-20-10-12-24(33)25(34)16-20;1-3-8-27(29(38)39)35-28(21-9-5-4-6-10-21)23-18-22(32)12-14-26(23)36-30(40)31(2)15-7-16-37(31)19-20-11-13-24(33)25(34)17-20;;;/h3-5,7-12,17-18,27H,6,13-16,19H2,1-2H3,(H2,35,36,38,39,40);4-6,8-13,16-17,19,27H,7,14-15,18H2,1-3H3,(H2,35,36,38,39,40);4-6,9-14,17-18,27H,3,7-8,15-16,19H2,1-2H3,(H2,35,36,38,39,40);;;/p-3/t3*27-,31+;;;/m111.../s1. The van der Waals surface area contributed by atoms with Crippen molar-refractivity contribution in [2.75, 3.05) is 31.6 Å². The Bertz CT molecular complexity index is 5330. The van der Waals surface area contributed by atoms with E-state index in [4.69, 9.17) is 109 Å². The third-order valence-electron chi connectivity index (χ3n) is 21.7. The van der Waals surface area contributed by atoms with Crippen molar-refractivity contribution in [2.45, 2.75) is 154 Å². The van der Waals surface area contributed by atoms with Crippen LogP contribution < -0.4 is 0 Å². The summed E-state index contributed by atoms with van der Waals surface area (Å²) in [5.74, 6) is -3.54. The Morgan fingerprint density at radius 3 is 0.968 bits per heavy atom. The molecule has 3 amide bonds. The smallest absolute Gasteiger partial charge is 0.328 e. The predicted octanol–water partition coefficient (Wildman–Crippen LogP) is 24.8. The van der Waals surface area contributed by atoms with Crippen molar-refractivity contribution in [3.05, 3.63) is 311 Å². The maximum Gasteiger partial charge on any atom is 0.328 e. The van der Waals surface area contributed by atoms with Crippen LogP contribution in [-0.4, -0.2) is 149 Å². The molecule has 3 saturated heterocycles. The molecule has 0 aliphatic carbocycles. The van der Waals surface area contributed by atoms with Crippen molar-refractivity contribution in [1.29, 1.82) is 0 Å². The van der Waals surface area contributed by atoms with Crippen LogP contribution >= 0.6 is 116 Å². The van der Waals surface area contributed by atoms with Crippen LogP contribution in [0.15, 0.2) is 215 Å². The van der Waals surface area contributed by atoms with Gasteiger partial charge in [-0.1, -0.05) is 259 Å². The molecule has 0 aromatic heterocycles. The van der Waals surface area contributed by atoms with Crippen LogP contribution in [0.5, 0.6) is 0 Å². The maximum atomic E-state index is 13.9. The number of likely N-dealkylation sites (tertiary alicyclic amines) is 3. The minimum atomic E-state index is -1.03. The van der Waals surface area contributed by atoms with E-state index >= 15 is 0 Å². The summed E-state index contributed by atoms with van der Waals surface area (Å²) >= 11 is 57.8. The normalized spacial score (nSPS) is 18.0. The van der Waals surface area contributed by atoms with Crippen LogP contribution in [0.25, 0.3) is 16.0 Å². The van der Waals surface area contributed by atoms with Gasteiger partial charge in [0.25, 0.3) is 0 Å². The fraction of sp³-hybridized carbons (Fsp3) is 0.323. The van der Waals surface area contributed by atoms with Gasteiger partial charge in [0.15, 0.2) is 0 Å². The number of carbonyl (C=O) groups excluding carboxylic acids is 3. The second kappa shape index (κ2) is 48.5. The Hall–Kier alpha value is -6.87. The molecule has 12 rings (SSSR count). The topological polar surface area (TPSA) is 252 Å². The van der Waals surface area contributed by atoms with Crippen molar-refractivity contribution < 1.29 is 93.6 Å². The number of aliphatic imine (C=N–C) groups is 3. The van der Waals surface area contributed by atoms with E-state index in [1.54, 1.807) is 98.4 Å². The van der Waals surface area contributed by atoms with E-state index in [1.807, 2.05) is 161 Å². The number of nitrogens with zero attached hydrogens (tertiary/aromatic N) is 9. The van der Waals surface area contributed by atoms with Gasteiger partial charge in [-0.3, -0.25) is 29.7 Å². The zero-order valence-electron chi connectivity index (χ0n) is 68.8.